The molecule has 0 radical (unpaired) electrons. The summed E-state index contributed by atoms with van der Waals surface area (Å²) in [6, 6.07) is 17.5. The van der Waals surface area contributed by atoms with Gasteiger partial charge in [0.25, 0.3) is 5.91 Å². The van der Waals surface area contributed by atoms with Gasteiger partial charge in [0.2, 0.25) is 0 Å². The average Bonchev–Trinajstić information content (AvgIpc) is 3.55. The second-order valence-corrected chi connectivity index (χ2v) is 9.36. The highest BCUT2D eigenvalue weighted by atomic mass is 32.1. The van der Waals surface area contributed by atoms with Crippen LogP contribution in [0.1, 0.15) is 22.5 Å². The summed E-state index contributed by atoms with van der Waals surface area (Å²) in [5.41, 5.74) is 10.4. The van der Waals surface area contributed by atoms with E-state index in [1.54, 1.807) is 14.2 Å². The molecular formula is C27H27N3O4S. The largest absolute Gasteiger partial charge is 0.497 e. The molecule has 0 bridgehead atoms. The molecule has 0 aliphatic carbocycles. The standard InChI is InChI=1S/C27H27N3O4S/c1-32-17-10-11-22(33-2)19(13-17)20-14-21(16-7-4-3-5-8-16)30-27-23(20)24(28)25(35-27)26(31)29-15-18-9-6-12-34-18/h3-5,7-8,10-11,13-14,18H,6,9,12,15,28H2,1-2H3,(H,29,31). The number of methoxy groups -OCH3 is 2. The summed E-state index contributed by atoms with van der Waals surface area (Å²) in [4.78, 5) is 19.1. The molecule has 1 unspecified atom stereocenters. The van der Waals surface area contributed by atoms with Gasteiger partial charge in [-0.3, -0.25) is 4.79 Å². The molecular weight excluding hydrogens is 462 g/mol. The van der Waals surface area contributed by atoms with Gasteiger partial charge in [-0.25, -0.2) is 4.98 Å². The van der Waals surface area contributed by atoms with Crippen molar-refractivity contribution in [2.45, 2.75) is 18.9 Å². The Labute approximate surface area is 207 Å². The predicted molar refractivity (Wildman–Crippen MR) is 139 cm³/mol. The summed E-state index contributed by atoms with van der Waals surface area (Å²) in [7, 11) is 3.25. The van der Waals surface area contributed by atoms with Crippen molar-refractivity contribution in [2.75, 3.05) is 33.1 Å². The summed E-state index contributed by atoms with van der Waals surface area (Å²) in [6.45, 7) is 1.20. The number of nitrogens with zero attached hydrogens (tertiary/aromatic N) is 1. The molecule has 1 aliphatic rings. The summed E-state index contributed by atoms with van der Waals surface area (Å²) in [5, 5.41) is 3.71. The Morgan fingerprint density at radius 3 is 2.69 bits per heavy atom. The van der Waals surface area contributed by atoms with Crippen LogP contribution in [-0.4, -0.2) is 44.4 Å². The number of thiophene rings is 1. The number of hydrogen-bond acceptors (Lipinski definition) is 7. The summed E-state index contributed by atoms with van der Waals surface area (Å²) in [6.07, 6.45) is 2.02. The van der Waals surface area contributed by atoms with Gasteiger partial charge >= 0.3 is 0 Å². The molecule has 8 heteroatoms. The van der Waals surface area contributed by atoms with Crippen LogP contribution in [0.15, 0.2) is 54.6 Å². The number of benzene rings is 2. The Morgan fingerprint density at radius 2 is 1.97 bits per heavy atom. The van der Waals surface area contributed by atoms with Gasteiger partial charge < -0.3 is 25.3 Å². The fraction of sp³-hybridized carbons (Fsp3) is 0.259. The molecule has 1 fully saturated rings. The van der Waals surface area contributed by atoms with E-state index in [-0.39, 0.29) is 12.0 Å². The molecule has 1 saturated heterocycles. The molecule has 4 aromatic rings. The molecule has 2 aromatic heterocycles. The number of carbonyl (C=O) groups is 1. The molecule has 1 atom stereocenters. The van der Waals surface area contributed by atoms with Gasteiger partial charge in [-0.1, -0.05) is 30.3 Å². The minimum atomic E-state index is -0.217. The number of amides is 1. The maximum absolute atomic E-state index is 13.1. The molecule has 5 rings (SSSR count). The summed E-state index contributed by atoms with van der Waals surface area (Å²) < 4.78 is 16.8. The number of nitrogens with two attached hydrogens (primary N) is 1. The molecule has 1 amide bonds. The number of fused-ring (bicyclic) bond motifs is 1. The molecule has 3 heterocycles. The van der Waals surface area contributed by atoms with Gasteiger partial charge in [0.1, 0.15) is 21.2 Å². The third-order valence-electron chi connectivity index (χ3n) is 6.19. The lowest BCUT2D eigenvalue weighted by atomic mass is 9.98. The van der Waals surface area contributed by atoms with Crippen molar-refractivity contribution in [3.05, 3.63) is 59.5 Å². The molecule has 2 aromatic carbocycles. The lowest BCUT2D eigenvalue weighted by molar-refractivity contribution is 0.0862. The first kappa shape index (κ1) is 23.1. The van der Waals surface area contributed by atoms with Crippen LogP contribution in [0.2, 0.25) is 0 Å². The van der Waals surface area contributed by atoms with Gasteiger partial charge in [0.15, 0.2) is 0 Å². The van der Waals surface area contributed by atoms with Gasteiger partial charge in [0.05, 0.1) is 31.7 Å². The lowest BCUT2D eigenvalue weighted by Gasteiger charge is -2.14. The minimum absolute atomic E-state index is 0.0500. The van der Waals surface area contributed by atoms with Gasteiger partial charge in [-0.15, -0.1) is 11.3 Å². The first-order chi connectivity index (χ1) is 17.1. The fourth-order valence-corrected chi connectivity index (χ4v) is 5.41. The van der Waals surface area contributed by atoms with Crippen LogP contribution in [0.4, 0.5) is 5.69 Å². The molecule has 0 saturated carbocycles. The van der Waals surface area contributed by atoms with Crippen LogP contribution < -0.4 is 20.5 Å². The molecule has 180 valence electrons. The highest BCUT2D eigenvalue weighted by molar-refractivity contribution is 7.21. The number of carbonyl (C=O) groups excluding carboxylic acids is 1. The van der Waals surface area contributed by atoms with Crippen LogP contribution in [-0.2, 0) is 4.74 Å². The van der Waals surface area contributed by atoms with Gasteiger partial charge in [0, 0.05) is 35.2 Å². The highest BCUT2D eigenvalue weighted by Crippen LogP contribution is 2.44. The van der Waals surface area contributed by atoms with E-state index in [1.807, 2.05) is 54.6 Å². The van der Waals surface area contributed by atoms with Crippen LogP contribution in [0.25, 0.3) is 32.6 Å². The number of pyridine rings is 1. The molecule has 35 heavy (non-hydrogen) atoms. The SMILES string of the molecule is COc1ccc(OC)c(-c2cc(-c3ccccc3)nc3sc(C(=O)NCC4CCCO4)c(N)c23)c1. The Hall–Kier alpha value is -3.62. The summed E-state index contributed by atoms with van der Waals surface area (Å²) in [5.74, 6) is 1.15. The number of aromatic nitrogens is 1. The smallest absolute Gasteiger partial charge is 0.263 e. The number of nitrogen functional groups attached to an aromatic ring is 1. The number of hydrogen-bond donors (Lipinski definition) is 2. The highest BCUT2D eigenvalue weighted by Gasteiger charge is 2.24. The zero-order valence-electron chi connectivity index (χ0n) is 19.7. The second-order valence-electron chi connectivity index (χ2n) is 8.36. The van der Waals surface area contributed by atoms with E-state index in [2.05, 4.69) is 5.32 Å². The quantitative estimate of drug-likeness (QED) is 0.373. The number of nitrogens with one attached hydrogen (secondary N) is 1. The first-order valence-electron chi connectivity index (χ1n) is 11.5. The fourth-order valence-electron chi connectivity index (χ4n) is 4.38. The zero-order chi connectivity index (χ0) is 24.4. The number of anilines is 1. The Kier molecular flexibility index (Phi) is 6.57. The molecule has 7 nitrogen and oxygen atoms in total. The van der Waals surface area contributed by atoms with Gasteiger partial charge in [-0.2, -0.15) is 0 Å². The van der Waals surface area contributed by atoms with Gasteiger partial charge in [-0.05, 0) is 37.1 Å². The van der Waals surface area contributed by atoms with E-state index in [4.69, 9.17) is 24.9 Å². The summed E-state index contributed by atoms with van der Waals surface area (Å²) >= 11 is 1.29. The van der Waals surface area contributed by atoms with Crippen molar-refractivity contribution >= 4 is 33.1 Å². The van der Waals surface area contributed by atoms with E-state index in [1.165, 1.54) is 11.3 Å². The van der Waals surface area contributed by atoms with Crippen molar-refractivity contribution in [3.63, 3.8) is 0 Å². The maximum atomic E-state index is 13.1. The van der Waals surface area contributed by atoms with Crippen molar-refractivity contribution in [3.8, 4) is 33.9 Å². The second kappa shape index (κ2) is 9.93. The number of ether oxygens (including phenoxy) is 3. The molecule has 0 spiro atoms. The van der Waals surface area contributed by atoms with E-state index >= 15 is 0 Å². The van der Waals surface area contributed by atoms with Crippen molar-refractivity contribution < 1.29 is 19.0 Å². The number of rotatable bonds is 7. The van der Waals surface area contributed by atoms with E-state index in [0.29, 0.717) is 33.4 Å². The van der Waals surface area contributed by atoms with E-state index in [0.717, 1.165) is 47.2 Å². The molecule has 3 N–H and O–H groups in total. The topological polar surface area (TPSA) is 95.7 Å². The van der Waals surface area contributed by atoms with Crippen molar-refractivity contribution in [1.29, 1.82) is 0 Å². The third-order valence-corrected chi connectivity index (χ3v) is 7.28. The maximum Gasteiger partial charge on any atom is 0.263 e. The minimum Gasteiger partial charge on any atom is -0.497 e. The Bertz CT molecular complexity index is 1360. The van der Waals surface area contributed by atoms with Crippen LogP contribution in [0, 0.1) is 0 Å². The first-order valence-corrected chi connectivity index (χ1v) is 12.3. The normalized spacial score (nSPS) is 15.3. The average molecular weight is 490 g/mol. The predicted octanol–water partition coefficient (Wildman–Crippen LogP) is 5.14. The molecule has 1 aliphatic heterocycles. The zero-order valence-corrected chi connectivity index (χ0v) is 20.5. The van der Waals surface area contributed by atoms with E-state index in [9.17, 15) is 4.79 Å². The van der Waals surface area contributed by atoms with Crippen LogP contribution in [0.5, 0.6) is 11.5 Å². The van der Waals surface area contributed by atoms with Crippen molar-refractivity contribution in [2.24, 2.45) is 0 Å². The van der Waals surface area contributed by atoms with Crippen molar-refractivity contribution in [1.82, 2.24) is 10.3 Å². The third kappa shape index (κ3) is 4.54. The monoisotopic (exact) mass is 489 g/mol. The van der Waals surface area contributed by atoms with E-state index < -0.39 is 0 Å². The Morgan fingerprint density at radius 1 is 1.14 bits per heavy atom. The van der Waals surface area contributed by atoms with Crippen LogP contribution >= 0.6 is 11.3 Å². The Balaban J connectivity index is 1.66. The lowest BCUT2D eigenvalue weighted by Crippen LogP contribution is -2.31. The van der Waals surface area contributed by atoms with Crippen LogP contribution in [0.3, 0.4) is 0 Å².